The largest absolute Gasteiger partial charge is 0.452 e. The van der Waals surface area contributed by atoms with Crippen LogP contribution in [0.25, 0.3) is 0 Å². The van der Waals surface area contributed by atoms with Crippen LogP contribution in [0.15, 0.2) is 58.4 Å². The number of anilines is 1. The van der Waals surface area contributed by atoms with Crippen molar-refractivity contribution in [3.8, 4) is 0 Å². The molecule has 0 spiro atoms. The van der Waals surface area contributed by atoms with Crippen molar-refractivity contribution in [2.24, 2.45) is 4.99 Å². The van der Waals surface area contributed by atoms with Crippen molar-refractivity contribution >= 4 is 45.0 Å². The Kier molecular flexibility index (Phi) is 7.64. The van der Waals surface area contributed by atoms with Crippen molar-refractivity contribution < 1.29 is 22.7 Å². The topological polar surface area (TPSA) is 114 Å². The van der Waals surface area contributed by atoms with Crippen molar-refractivity contribution in [2.75, 3.05) is 18.5 Å². The molecule has 164 valence electrons. The Bertz CT molecular complexity index is 1100. The van der Waals surface area contributed by atoms with Crippen LogP contribution in [0.2, 0.25) is 5.02 Å². The maximum absolute atomic E-state index is 12.7. The number of carbonyl (C=O) groups excluding carboxylic acids is 2. The van der Waals surface area contributed by atoms with E-state index in [9.17, 15) is 18.0 Å². The molecule has 0 aromatic heterocycles. The van der Waals surface area contributed by atoms with Gasteiger partial charge in [0.15, 0.2) is 6.61 Å². The lowest BCUT2D eigenvalue weighted by Gasteiger charge is -2.11. The van der Waals surface area contributed by atoms with Crippen molar-refractivity contribution in [3.63, 3.8) is 0 Å². The zero-order valence-electron chi connectivity index (χ0n) is 16.6. The van der Waals surface area contributed by atoms with E-state index in [0.29, 0.717) is 23.8 Å². The first-order valence-electron chi connectivity index (χ1n) is 9.72. The molecule has 31 heavy (non-hydrogen) atoms. The standard InChI is InChI=1S/C21H22ClN3O5S/c22-16-7-4-6-15(12-16)21(27)30-14-20(26)24-17-8-5-9-18(13-17)31(28,29)25-19-10-2-1-3-11-23-19/h4-9,12-13H,1-3,10-11,14H2,(H,23,25)(H,24,26). The summed E-state index contributed by atoms with van der Waals surface area (Å²) in [6.07, 6.45) is 3.41. The van der Waals surface area contributed by atoms with E-state index in [1.54, 1.807) is 18.2 Å². The molecular formula is C21H22ClN3O5S. The zero-order chi connectivity index (χ0) is 22.3. The molecule has 0 aliphatic carbocycles. The maximum atomic E-state index is 12.7. The third kappa shape index (κ3) is 6.80. The summed E-state index contributed by atoms with van der Waals surface area (Å²) in [4.78, 5) is 28.4. The van der Waals surface area contributed by atoms with Gasteiger partial charge in [-0.25, -0.2) is 13.2 Å². The first kappa shape index (κ1) is 22.8. The molecule has 0 radical (unpaired) electrons. The van der Waals surface area contributed by atoms with E-state index in [2.05, 4.69) is 15.0 Å². The summed E-state index contributed by atoms with van der Waals surface area (Å²) in [5.41, 5.74) is 0.482. The molecular weight excluding hydrogens is 442 g/mol. The number of hydrogen-bond donors (Lipinski definition) is 2. The molecule has 1 heterocycles. The average Bonchev–Trinajstić information content (AvgIpc) is 3.00. The predicted molar refractivity (Wildman–Crippen MR) is 118 cm³/mol. The van der Waals surface area contributed by atoms with Gasteiger partial charge < -0.3 is 10.1 Å². The predicted octanol–water partition coefficient (Wildman–Crippen LogP) is 3.39. The molecule has 2 aromatic rings. The van der Waals surface area contributed by atoms with Gasteiger partial charge >= 0.3 is 5.97 Å². The highest BCUT2D eigenvalue weighted by molar-refractivity contribution is 7.90. The summed E-state index contributed by atoms with van der Waals surface area (Å²) in [6, 6.07) is 12.0. The highest BCUT2D eigenvalue weighted by Crippen LogP contribution is 2.17. The molecule has 1 aliphatic heterocycles. The number of rotatable bonds is 6. The number of nitrogens with one attached hydrogen (secondary N) is 2. The Labute approximate surface area is 185 Å². The smallest absolute Gasteiger partial charge is 0.338 e. The van der Waals surface area contributed by atoms with Crippen LogP contribution in [0.1, 0.15) is 36.0 Å². The van der Waals surface area contributed by atoms with E-state index in [4.69, 9.17) is 16.3 Å². The first-order chi connectivity index (χ1) is 14.8. The number of carbonyl (C=O) groups is 2. The minimum atomic E-state index is -3.83. The number of amidine groups is 1. The highest BCUT2D eigenvalue weighted by Gasteiger charge is 2.18. The van der Waals surface area contributed by atoms with Crippen LogP contribution >= 0.6 is 11.6 Å². The van der Waals surface area contributed by atoms with Crippen molar-refractivity contribution in [1.29, 1.82) is 0 Å². The van der Waals surface area contributed by atoms with Crippen LogP contribution in [0.5, 0.6) is 0 Å². The van der Waals surface area contributed by atoms with Gasteiger partial charge in [0.05, 0.1) is 10.5 Å². The van der Waals surface area contributed by atoms with Gasteiger partial charge in [-0.3, -0.25) is 14.5 Å². The maximum Gasteiger partial charge on any atom is 0.338 e. The van der Waals surface area contributed by atoms with Crippen LogP contribution in [-0.4, -0.2) is 39.3 Å². The number of amides is 1. The fraction of sp³-hybridized carbons (Fsp3) is 0.286. The Morgan fingerprint density at radius 3 is 2.68 bits per heavy atom. The first-order valence-corrected chi connectivity index (χ1v) is 11.6. The monoisotopic (exact) mass is 463 g/mol. The van der Waals surface area contributed by atoms with E-state index < -0.39 is 28.5 Å². The third-order valence-electron chi connectivity index (χ3n) is 4.45. The van der Waals surface area contributed by atoms with Crippen molar-refractivity contribution in [1.82, 2.24) is 4.72 Å². The lowest BCUT2D eigenvalue weighted by atomic mass is 10.2. The number of aliphatic imine (C=N–C) groups is 1. The second-order valence-electron chi connectivity index (χ2n) is 6.91. The van der Waals surface area contributed by atoms with Crippen LogP contribution in [0.3, 0.4) is 0 Å². The van der Waals surface area contributed by atoms with Gasteiger partial charge in [-0.15, -0.1) is 0 Å². The Hall–Kier alpha value is -2.91. The number of nitrogens with zero attached hydrogens (tertiary/aromatic N) is 1. The van der Waals surface area contributed by atoms with Gasteiger partial charge in [-0.1, -0.05) is 30.2 Å². The van der Waals surface area contributed by atoms with Crippen molar-refractivity contribution in [3.05, 3.63) is 59.1 Å². The minimum absolute atomic E-state index is 0.00632. The van der Waals surface area contributed by atoms with Crippen LogP contribution in [0, 0.1) is 0 Å². The minimum Gasteiger partial charge on any atom is -0.452 e. The van der Waals surface area contributed by atoms with Crippen LogP contribution < -0.4 is 10.0 Å². The van der Waals surface area contributed by atoms with Gasteiger partial charge in [0.2, 0.25) is 0 Å². The number of halogens is 1. The van der Waals surface area contributed by atoms with Gasteiger partial charge in [-0.05, 0) is 49.2 Å². The Morgan fingerprint density at radius 2 is 1.87 bits per heavy atom. The zero-order valence-corrected chi connectivity index (χ0v) is 18.2. The molecule has 2 N–H and O–H groups in total. The molecule has 0 saturated carbocycles. The number of esters is 1. The molecule has 8 nitrogen and oxygen atoms in total. The molecule has 0 atom stereocenters. The summed E-state index contributed by atoms with van der Waals surface area (Å²) in [5, 5.41) is 2.90. The molecule has 3 rings (SSSR count). The fourth-order valence-corrected chi connectivity index (χ4v) is 4.26. The molecule has 10 heteroatoms. The quantitative estimate of drug-likeness (QED) is 0.637. The normalized spacial score (nSPS) is 14.2. The molecule has 1 aliphatic rings. The SMILES string of the molecule is O=C(COC(=O)c1cccc(Cl)c1)Nc1cccc(S(=O)(=O)NC2=NCCCCC2)c1. The number of hydrogen-bond acceptors (Lipinski definition) is 6. The van der Waals surface area contributed by atoms with E-state index in [0.717, 1.165) is 19.3 Å². The summed E-state index contributed by atoms with van der Waals surface area (Å²) < 4.78 is 32.8. The molecule has 0 fully saturated rings. The summed E-state index contributed by atoms with van der Waals surface area (Å²) in [5.74, 6) is -0.853. The van der Waals surface area contributed by atoms with E-state index in [-0.39, 0.29) is 16.1 Å². The fourth-order valence-electron chi connectivity index (χ4n) is 2.94. The van der Waals surface area contributed by atoms with E-state index in [1.807, 2.05) is 0 Å². The van der Waals surface area contributed by atoms with Gasteiger partial charge in [0.1, 0.15) is 5.84 Å². The summed E-state index contributed by atoms with van der Waals surface area (Å²) in [6.45, 7) is 0.0687. The van der Waals surface area contributed by atoms with Crippen LogP contribution in [-0.2, 0) is 19.6 Å². The lowest BCUT2D eigenvalue weighted by Crippen LogP contribution is -2.30. The summed E-state index contributed by atoms with van der Waals surface area (Å²) >= 11 is 5.83. The number of sulfonamides is 1. The third-order valence-corrected chi connectivity index (χ3v) is 6.06. The Balaban J connectivity index is 1.59. The molecule has 0 bridgehead atoms. The average molecular weight is 464 g/mol. The number of benzene rings is 2. The van der Waals surface area contributed by atoms with Crippen LogP contribution in [0.4, 0.5) is 5.69 Å². The highest BCUT2D eigenvalue weighted by atomic mass is 35.5. The van der Waals surface area contributed by atoms with Gasteiger partial charge in [0.25, 0.3) is 15.9 Å². The number of ether oxygens (including phenoxy) is 1. The van der Waals surface area contributed by atoms with Gasteiger partial charge in [-0.2, -0.15) is 0 Å². The second kappa shape index (κ2) is 10.4. The molecule has 0 saturated heterocycles. The second-order valence-corrected chi connectivity index (χ2v) is 9.03. The molecule has 1 amide bonds. The van der Waals surface area contributed by atoms with Crippen molar-refractivity contribution in [2.45, 2.75) is 30.6 Å². The molecule has 2 aromatic carbocycles. The van der Waals surface area contributed by atoms with E-state index >= 15 is 0 Å². The molecule has 0 unspecified atom stereocenters. The lowest BCUT2D eigenvalue weighted by molar-refractivity contribution is -0.119. The van der Waals surface area contributed by atoms with E-state index in [1.165, 1.54) is 30.3 Å². The van der Waals surface area contributed by atoms with Gasteiger partial charge in [0, 0.05) is 23.7 Å². The Morgan fingerprint density at radius 1 is 1.06 bits per heavy atom. The summed E-state index contributed by atoms with van der Waals surface area (Å²) in [7, 11) is -3.83.